The van der Waals surface area contributed by atoms with E-state index in [0.29, 0.717) is 58.3 Å². The lowest BCUT2D eigenvalue weighted by molar-refractivity contribution is -0.309. The predicted octanol–water partition coefficient (Wildman–Crippen LogP) is 2.20. The first-order valence-corrected chi connectivity index (χ1v) is 11.3. The SMILES string of the molecule is Cc1oc2cc(OCC(=O)N[C@@H](C(=O)[O-])C(C)C)ccc2c(=O)c1-c1ccc2c(c1)OCCCO2. The van der Waals surface area contributed by atoms with Crippen LogP contribution in [0, 0.1) is 12.8 Å². The number of carbonyl (C=O) groups excluding carboxylic acids is 2. The van der Waals surface area contributed by atoms with Gasteiger partial charge >= 0.3 is 0 Å². The van der Waals surface area contributed by atoms with E-state index in [1.165, 1.54) is 6.07 Å². The first-order valence-electron chi connectivity index (χ1n) is 11.3. The molecule has 1 atom stereocenters. The van der Waals surface area contributed by atoms with Crippen LogP contribution in [-0.2, 0) is 9.59 Å². The molecule has 1 aliphatic rings. The van der Waals surface area contributed by atoms with E-state index in [1.807, 2.05) is 0 Å². The summed E-state index contributed by atoms with van der Waals surface area (Å²) in [5.41, 5.74) is 1.17. The first kappa shape index (κ1) is 24.1. The van der Waals surface area contributed by atoms with Crippen molar-refractivity contribution in [3.63, 3.8) is 0 Å². The smallest absolute Gasteiger partial charge is 0.258 e. The van der Waals surface area contributed by atoms with Crippen LogP contribution < -0.4 is 30.1 Å². The molecule has 4 rings (SSSR count). The number of fused-ring (bicyclic) bond motifs is 2. The molecule has 1 N–H and O–H groups in total. The van der Waals surface area contributed by atoms with E-state index in [0.717, 1.165) is 6.42 Å². The summed E-state index contributed by atoms with van der Waals surface area (Å²) < 4.78 is 22.8. The second kappa shape index (κ2) is 10.1. The quantitative estimate of drug-likeness (QED) is 0.545. The lowest BCUT2D eigenvalue weighted by atomic mass is 10.0. The Bertz CT molecular complexity index is 1330. The number of benzene rings is 2. The number of nitrogens with one attached hydrogen (secondary N) is 1. The fraction of sp³-hybridized carbons (Fsp3) is 0.346. The van der Waals surface area contributed by atoms with Crippen LogP contribution in [0.4, 0.5) is 0 Å². The zero-order valence-corrected chi connectivity index (χ0v) is 19.7. The summed E-state index contributed by atoms with van der Waals surface area (Å²) in [6, 6.07) is 8.88. The van der Waals surface area contributed by atoms with E-state index >= 15 is 0 Å². The van der Waals surface area contributed by atoms with Crippen molar-refractivity contribution >= 4 is 22.8 Å². The molecule has 0 bridgehead atoms. The molecule has 35 heavy (non-hydrogen) atoms. The molecule has 2 aromatic carbocycles. The molecule has 2 heterocycles. The molecule has 3 aromatic rings. The fourth-order valence-corrected chi connectivity index (χ4v) is 3.89. The third-order valence-electron chi connectivity index (χ3n) is 5.68. The van der Waals surface area contributed by atoms with Crippen molar-refractivity contribution in [2.75, 3.05) is 19.8 Å². The highest BCUT2D eigenvalue weighted by Crippen LogP contribution is 2.35. The van der Waals surface area contributed by atoms with Crippen LogP contribution in [-0.4, -0.2) is 37.7 Å². The molecule has 0 unspecified atom stereocenters. The van der Waals surface area contributed by atoms with Gasteiger partial charge < -0.3 is 33.8 Å². The maximum atomic E-state index is 13.3. The minimum atomic E-state index is -1.36. The maximum Gasteiger partial charge on any atom is 0.258 e. The molecular weight excluding hydrogens is 454 g/mol. The number of carboxylic acids is 1. The molecule has 0 saturated heterocycles. The molecule has 9 heteroatoms. The highest BCUT2D eigenvalue weighted by Gasteiger charge is 2.19. The number of aryl methyl sites for hydroxylation is 1. The summed E-state index contributed by atoms with van der Waals surface area (Å²) >= 11 is 0. The van der Waals surface area contributed by atoms with Crippen LogP contribution in [0.25, 0.3) is 22.1 Å². The van der Waals surface area contributed by atoms with Crippen LogP contribution >= 0.6 is 0 Å². The van der Waals surface area contributed by atoms with E-state index in [4.69, 9.17) is 18.6 Å². The van der Waals surface area contributed by atoms with Gasteiger partial charge in [-0.15, -0.1) is 0 Å². The van der Waals surface area contributed by atoms with Gasteiger partial charge in [0.1, 0.15) is 17.1 Å². The summed E-state index contributed by atoms with van der Waals surface area (Å²) in [6.07, 6.45) is 0.780. The van der Waals surface area contributed by atoms with Crippen molar-refractivity contribution in [3.8, 4) is 28.4 Å². The second-order valence-corrected chi connectivity index (χ2v) is 8.63. The van der Waals surface area contributed by atoms with E-state index in [9.17, 15) is 19.5 Å². The molecule has 1 aromatic heterocycles. The third-order valence-corrected chi connectivity index (χ3v) is 5.68. The van der Waals surface area contributed by atoms with Crippen LogP contribution in [0.15, 0.2) is 45.6 Å². The van der Waals surface area contributed by atoms with Crippen LogP contribution in [0.2, 0.25) is 0 Å². The fourth-order valence-electron chi connectivity index (χ4n) is 3.89. The Morgan fingerprint density at radius 2 is 1.83 bits per heavy atom. The second-order valence-electron chi connectivity index (χ2n) is 8.63. The molecule has 9 nitrogen and oxygen atoms in total. The Kier molecular flexibility index (Phi) is 6.95. The first-order chi connectivity index (χ1) is 16.7. The standard InChI is InChI=1S/C26H27NO8/c1-14(2)24(26(30)31)27-22(28)13-34-17-6-7-18-20(12-17)35-15(3)23(25(18)29)16-5-8-19-21(11-16)33-10-4-9-32-19/h5-8,11-12,14,24H,4,9-10,13H2,1-3H3,(H,27,28)(H,30,31)/p-1/t24-/m1/s1. The van der Waals surface area contributed by atoms with Crippen LogP contribution in [0.3, 0.4) is 0 Å². The minimum Gasteiger partial charge on any atom is -0.548 e. The van der Waals surface area contributed by atoms with E-state index < -0.39 is 24.5 Å². The highest BCUT2D eigenvalue weighted by molar-refractivity contribution is 5.85. The molecule has 0 aliphatic carbocycles. The number of ether oxygens (including phenoxy) is 3. The van der Waals surface area contributed by atoms with Crippen molar-refractivity contribution in [1.29, 1.82) is 0 Å². The molecular formula is C26H26NO8-. The summed E-state index contributed by atoms with van der Waals surface area (Å²) in [4.78, 5) is 36.6. The van der Waals surface area contributed by atoms with E-state index in [1.54, 1.807) is 51.1 Å². The van der Waals surface area contributed by atoms with E-state index in [2.05, 4.69) is 5.32 Å². The molecule has 184 valence electrons. The van der Waals surface area contributed by atoms with Gasteiger partial charge in [-0.1, -0.05) is 19.9 Å². The van der Waals surface area contributed by atoms with Gasteiger partial charge in [-0.3, -0.25) is 9.59 Å². The molecule has 1 amide bonds. The predicted molar refractivity (Wildman–Crippen MR) is 126 cm³/mol. The molecule has 1 aliphatic heterocycles. The summed E-state index contributed by atoms with van der Waals surface area (Å²) in [6.45, 7) is 5.73. The summed E-state index contributed by atoms with van der Waals surface area (Å²) in [7, 11) is 0. The Balaban J connectivity index is 1.56. The normalized spacial score (nSPS) is 13.8. The summed E-state index contributed by atoms with van der Waals surface area (Å²) in [5.74, 6) is -0.363. The largest absolute Gasteiger partial charge is 0.548 e. The van der Waals surface area contributed by atoms with Gasteiger partial charge in [0.2, 0.25) is 5.43 Å². The number of aliphatic carboxylic acids is 1. The van der Waals surface area contributed by atoms with Gasteiger partial charge in [0, 0.05) is 12.5 Å². The molecule has 0 fully saturated rings. The lowest BCUT2D eigenvalue weighted by Gasteiger charge is -2.23. The molecule has 0 radical (unpaired) electrons. The van der Waals surface area contributed by atoms with Crippen molar-refractivity contribution in [3.05, 3.63) is 52.4 Å². The van der Waals surface area contributed by atoms with Crippen LogP contribution in [0.1, 0.15) is 26.0 Å². The zero-order valence-electron chi connectivity index (χ0n) is 19.7. The minimum absolute atomic E-state index is 0.212. The van der Waals surface area contributed by atoms with Crippen molar-refractivity contribution in [1.82, 2.24) is 5.32 Å². The molecule has 0 saturated carbocycles. The highest BCUT2D eigenvalue weighted by atomic mass is 16.5. The van der Waals surface area contributed by atoms with Crippen LogP contribution in [0.5, 0.6) is 17.2 Å². The number of amides is 1. The van der Waals surface area contributed by atoms with Gasteiger partial charge in [-0.05, 0) is 42.7 Å². The Hall–Kier alpha value is -4.01. The Labute approximate surface area is 201 Å². The monoisotopic (exact) mass is 480 g/mol. The topological polar surface area (TPSA) is 127 Å². The zero-order chi connectivity index (χ0) is 25.1. The lowest BCUT2D eigenvalue weighted by Crippen LogP contribution is -2.51. The third kappa shape index (κ3) is 5.24. The van der Waals surface area contributed by atoms with Gasteiger partial charge in [0.25, 0.3) is 5.91 Å². The maximum absolute atomic E-state index is 13.3. The Morgan fingerprint density at radius 3 is 2.54 bits per heavy atom. The average molecular weight is 480 g/mol. The van der Waals surface area contributed by atoms with Gasteiger partial charge in [-0.2, -0.15) is 0 Å². The van der Waals surface area contributed by atoms with Gasteiger partial charge in [0.15, 0.2) is 18.1 Å². The van der Waals surface area contributed by atoms with Gasteiger partial charge in [-0.25, -0.2) is 0 Å². The van der Waals surface area contributed by atoms with Crippen molar-refractivity contribution in [2.24, 2.45) is 5.92 Å². The Morgan fingerprint density at radius 1 is 1.09 bits per heavy atom. The summed E-state index contributed by atoms with van der Waals surface area (Å²) in [5, 5.41) is 13.9. The van der Waals surface area contributed by atoms with Crippen molar-refractivity contribution in [2.45, 2.75) is 33.2 Å². The number of hydrogen-bond acceptors (Lipinski definition) is 8. The van der Waals surface area contributed by atoms with Gasteiger partial charge in [0.05, 0.1) is 36.2 Å². The average Bonchev–Trinajstić information content (AvgIpc) is 3.05. The molecule has 0 spiro atoms. The number of hydrogen-bond donors (Lipinski definition) is 1. The van der Waals surface area contributed by atoms with Crippen molar-refractivity contribution < 1.29 is 33.3 Å². The number of carbonyl (C=O) groups is 2. The number of carboxylic acid groups (broad SMARTS) is 1. The number of rotatable bonds is 7. The van der Waals surface area contributed by atoms with E-state index in [-0.39, 0.29) is 11.3 Å².